The number of esters is 1. The molecule has 1 heterocycles. The van der Waals surface area contributed by atoms with E-state index in [1.165, 1.54) is 0 Å². The van der Waals surface area contributed by atoms with Crippen LogP contribution >= 0.6 is 0 Å². The van der Waals surface area contributed by atoms with Crippen LogP contribution in [-0.4, -0.2) is 31.6 Å². The summed E-state index contributed by atoms with van der Waals surface area (Å²) in [7, 11) is 0. The zero-order chi connectivity index (χ0) is 21.0. The van der Waals surface area contributed by atoms with Gasteiger partial charge < -0.3 is 24.3 Å². The minimum Gasteiger partial charge on any atom is -0.454 e. The van der Waals surface area contributed by atoms with E-state index in [-0.39, 0.29) is 18.4 Å². The third-order valence-electron chi connectivity index (χ3n) is 3.93. The van der Waals surface area contributed by atoms with Crippen LogP contribution in [-0.2, 0) is 9.53 Å². The first-order valence-corrected chi connectivity index (χ1v) is 8.43. The molecule has 1 aliphatic heterocycles. The highest BCUT2D eigenvalue weighted by atomic mass is 19.4. The molecule has 7 nitrogen and oxygen atoms in total. The van der Waals surface area contributed by atoms with Crippen LogP contribution in [0.5, 0.6) is 17.2 Å². The van der Waals surface area contributed by atoms with Gasteiger partial charge in [-0.15, -0.1) is 13.2 Å². The summed E-state index contributed by atoms with van der Waals surface area (Å²) in [5.74, 6) is -0.667. The van der Waals surface area contributed by atoms with Crippen molar-refractivity contribution in [2.24, 2.45) is 0 Å². The predicted molar refractivity (Wildman–Crippen MR) is 92.5 cm³/mol. The molecule has 1 unspecified atom stereocenters. The molecule has 0 bridgehead atoms. The minimum atomic E-state index is -4.82. The number of rotatable bonds is 6. The fraction of sp³-hybridized carbons (Fsp3) is 0.263. The molecule has 0 aromatic heterocycles. The third-order valence-corrected chi connectivity index (χ3v) is 3.93. The van der Waals surface area contributed by atoms with Crippen LogP contribution in [0.1, 0.15) is 28.9 Å². The normalized spacial score (nSPS) is 13.5. The molecule has 154 valence electrons. The summed E-state index contributed by atoms with van der Waals surface area (Å²) in [4.78, 5) is 24.0. The average Bonchev–Trinajstić information content (AvgIpc) is 3.13. The Morgan fingerprint density at radius 1 is 1.10 bits per heavy atom. The monoisotopic (exact) mass is 411 g/mol. The smallest absolute Gasteiger partial charge is 0.454 e. The Morgan fingerprint density at radius 2 is 1.79 bits per heavy atom. The van der Waals surface area contributed by atoms with Gasteiger partial charge in [0.1, 0.15) is 5.75 Å². The zero-order valence-electron chi connectivity index (χ0n) is 15.1. The van der Waals surface area contributed by atoms with Crippen molar-refractivity contribution in [2.75, 3.05) is 13.4 Å². The maximum absolute atomic E-state index is 12.1. The van der Waals surface area contributed by atoms with Crippen molar-refractivity contribution in [3.63, 3.8) is 0 Å². The van der Waals surface area contributed by atoms with Crippen molar-refractivity contribution >= 4 is 11.9 Å². The van der Waals surface area contributed by atoms with Crippen LogP contribution in [0.2, 0.25) is 0 Å². The average molecular weight is 411 g/mol. The van der Waals surface area contributed by atoms with Crippen LogP contribution in [0.3, 0.4) is 0 Å². The number of halogens is 3. The van der Waals surface area contributed by atoms with Gasteiger partial charge in [0.15, 0.2) is 18.1 Å². The second kappa shape index (κ2) is 8.29. The summed E-state index contributed by atoms with van der Waals surface area (Å²) < 4.78 is 55.5. The van der Waals surface area contributed by atoms with E-state index in [2.05, 4.69) is 10.1 Å². The zero-order valence-corrected chi connectivity index (χ0v) is 15.1. The third kappa shape index (κ3) is 5.53. The van der Waals surface area contributed by atoms with Gasteiger partial charge in [-0.25, -0.2) is 4.79 Å². The van der Waals surface area contributed by atoms with Crippen LogP contribution in [0.4, 0.5) is 13.2 Å². The van der Waals surface area contributed by atoms with Gasteiger partial charge in [-0.1, -0.05) is 6.07 Å². The Bertz CT molecular complexity index is 898. The fourth-order valence-corrected chi connectivity index (χ4v) is 2.56. The predicted octanol–water partition coefficient (Wildman–Crippen LogP) is 3.35. The summed E-state index contributed by atoms with van der Waals surface area (Å²) in [6, 6.07) is 9.03. The van der Waals surface area contributed by atoms with E-state index < -0.39 is 30.6 Å². The van der Waals surface area contributed by atoms with Crippen molar-refractivity contribution in [3.8, 4) is 17.2 Å². The number of hydrogen-bond donors (Lipinski definition) is 1. The number of carbonyl (C=O) groups is 2. The number of ether oxygens (including phenoxy) is 4. The van der Waals surface area contributed by atoms with Crippen molar-refractivity contribution in [3.05, 3.63) is 53.6 Å². The second-order valence-electron chi connectivity index (χ2n) is 6.05. The van der Waals surface area contributed by atoms with Gasteiger partial charge >= 0.3 is 12.3 Å². The Hall–Kier alpha value is -3.43. The van der Waals surface area contributed by atoms with Gasteiger partial charge in [0.2, 0.25) is 6.79 Å². The van der Waals surface area contributed by atoms with Gasteiger partial charge in [0.05, 0.1) is 11.6 Å². The van der Waals surface area contributed by atoms with Crippen LogP contribution < -0.4 is 19.5 Å². The quantitative estimate of drug-likeness (QED) is 0.735. The van der Waals surface area contributed by atoms with Gasteiger partial charge in [-0.2, -0.15) is 0 Å². The molecule has 1 atom stereocenters. The molecule has 1 N–H and O–H groups in total. The minimum absolute atomic E-state index is 0.0175. The summed E-state index contributed by atoms with van der Waals surface area (Å²) >= 11 is 0. The number of benzene rings is 2. The van der Waals surface area contributed by atoms with Crippen LogP contribution in [0.25, 0.3) is 0 Å². The molecule has 2 aromatic rings. The van der Waals surface area contributed by atoms with E-state index in [4.69, 9.17) is 14.2 Å². The first kappa shape index (κ1) is 20.3. The number of carbonyl (C=O) groups excluding carboxylic acids is 2. The summed E-state index contributed by atoms with van der Waals surface area (Å²) in [5.41, 5.74) is 0.755. The van der Waals surface area contributed by atoms with Gasteiger partial charge in [0.25, 0.3) is 5.91 Å². The van der Waals surface area contributed by atoms with Crippen molar-refractivity contribution in [1.82, 2.24) is 5.32 Å². The summed E-state index contributed by atoms with van der Waals surface area (Å²) in [5, 5.41) is 2.67. The molecule has 0 radical (unpaired) electrons. The lowest BCUT2D eigenvalue weighted by Gasteiger charge is -2.15. The topological polar surface area (TPSA) is 83.1 Å². The summed E-state index contributed by atoms with van der Waals surface area (Å²) in [6.45, 7) is 1.34. The van der Waals surface area contributed by atoms with Crippen LogP contribution in [0, 0.1) is 0 Å². The highest BCUT2D eigenvalue weighted by molar-refractivity contribution is 5.91. The lowest BCUT2D eigenvalue weighted by Crippen LogP contribution is -2.31. The SMILES string of the molecule is CC(NC(=O)COC(=O)c1ccc(OC(F)(F)F)cc1)c1ccc2c(c1)OCO2. The highest BCUT2D eigenvalue weighted by Crippen LogP contribution is 2.34. The van der Waals surface area contributed by atoms with Crippen molar-refractivity contribution in [2.45, 2.75) is 19.3 Å². The molecule has 3 rings (SSSR count). The van der Waals surface area contributed by atoms with E-state index in [9.17, 15) is 22.8 Å². The van der Waals surface area contributed by atoms with E-state index in [0.29, 0.717) is 11.5 Å². The molecule has 0 aliphatic carbocycles. The molecule has 2 aromatic carbocycles. The maximum Gasteiger partial charge on any atom is 0.573 e. The first-order valence-electron chi connectivity index (χ1n) is 8.43. The maximum atomic E-state index is 12.1. The van der Waals surface area contributed by atoms with Gasteiger partial charge in [-0.05, 0) is 48.9 Å². The fourth-order valence-electron chi connectivity index (χ4n) is 2.56. The first-order chi connectivity index (χ1) is 13.7. The number of alkyl halides is 3. The van der Waals surface area contributed by atoms with Gasteiger partial charge in [-0.3, -0.25) is 4.79 Å². The molecule has 0 spiro atoms. The van der Waals surface area contributed by atoms with Gasteiger partial charge in [0, 0.05) is 0 Å². The molecule has 0 fully saturated rings. The Kier molecular flexibility index (Phi) is 5.81. The highest BCUT2D eigenvalue weighted by Gasteiger charge is 2.31. The van der Waals surface area contributed by atoms with Crippen LogP contribution in [0.15, 0.2) is 42.5 Å². The standard InChI is InChI=1S/C19H16F3NO6/c1-11(13-4-7-15-16(8-13)28-10-27-15)23-17(24)9-26-18(25)12-2-5-14(6-3-12)29-19(20,21)22/h2-8,11H,9-10H2,1H3,(H,23,24). The molecule has 1 amide bonds. The summed E-state index contributed by atoms with van der Waals surface area (Å²) in [6.07, 6.45) is -4.82. The number of fused-ring (bicyclic) bond motifs is 1. The second-order valence-corrected chi connectivity index (χ2v) is 6.05. The molecule has 29 heavy (non-hydrogen) atoms. The van der Waals surface area contributed by atoms with E-state index in [0.717, 1.165) is 29.8 Å². The number of hydrogen-bond acceptors (Lipinski definition) is 6. The van der Waals surface area contributed by atoms with E-state index in [1.54, 1.807) is 25.1 Å². The molecule has 0 saturated carbocycles. The number of nitrogens with one attached hydrogen (secondary N) is 1. The molecule has 10 heteroatoms. The molecular formula is C19H16F3NO6. The lowest BCUT2D eigenvalue weighted by molar-refractivity contribution is -0.274. The Labute approximate surface area is 163 Å². The lowest BCUT2D eigenvalue weighted by atomic mass is 10.1. The molecule has 0 saturated heterocycles. The largest absolute Gasteiger partial charge is 0.573 e. The van der Waals surface area contributed by atoms with Crippen molar-refractivity contribution < 1.29 is 41.7 Å². The Morgan fingerprint density at radius 3 is 2.48 bits per heavy atom. The number of amides is 1. The van der Waals surface area contributed by atoms with Crippen molar-refractivity contribution in [1.29, 1.82) is 0 Å². The van der Waals surface area contributed by atoms with E-state index >= 15 is 0 Å². The Balaban J connectivity index is 1.49. The molecule has 1 aliphatic rings. The van der Waals surface area contributed by atoms with E-state index in [1.807, 2.05) is 0 Å². The molecular weight excluding hydrogens is 395 g/mol.